The van der Waals surface area contributed by atoms with E-state index in [2.05, 4.69) is 20.4 Å². The minimum Gasteiger partial charge on any atom is -0.289 e. The highest BCUT2D eigenvalue weighted by molar-refractivity contribution is 7.15. The number of thiazole rings is 1. The number of carbonyl (C=O) groups excluding carboxylic acids is 1. The van der Waals surface area contributed by atoms with E-state index in [-0.39, 0.29) is 5.95 Å². The number of benzene rings is 2. The Balaban J connectivity index is 1.51. The van der Waals surface area contributed by atoms with E-state index in [0.717, 1.165) is 11.3 Å². The van der Waals surface area contributed by atoms with Crippen LogP contribution in [0.4, 0.5) is 10.3 Å². The van der Waals surface area contributed by atoms with E-state index in [9.17, 15) is 9.18 Å². The fourth-order valence-corrected chi connectivity index (χ4v) is 4.20. The summed E-state index contributed by atoms with van der Waals surface area (Å²) in [5, 5.41) is 10.1. The molecule has 9 heteroatoms. The highest BCUT2D eigenvalue weighted by Crippen LogP contribution is 2.27. The normalized spacial score (nSPS) is 11.3. The molecule has 30 heavy (non-hydrogen) atoms. The summed E-state index contributed by atoms with van der Waals surface area (Å²) < 4.78 is 15.4. The molecule has 1 amide bonds. The zero-order valence-corrected chi connectivity index (χ0v) is 17.1. The summed E-state index contributed by atoms with van der Waals surface area (Å²) in [6.45, 7) is 1.78. The first-order chi connectivity index (χ1) is 14.5. The topological polar surface area (TPSA) is 72.2 Å². The Kier molecular flexibility index (Phi) is 4.45. The van der Waals surface area contributed by atoms with Crippen LogP contribution >= 0.6 is 22.9 Å². The van der Waals surface area contributed by atoms with Crippen LogP contribution in [0.2, 0.25) is 5.02 Å². The van der Waals surface area contributed by atoms with Crippen LogP contribution in [0.3, 0.4) is 0 Å². The number of halogens is 2. The summed E-state index contributed by atoms with van der Waals surface area (Å²) in [4.78, 5) is 22.3. The molecule has 5 aromatic rings. The second-order valence-corrected chi connectivity index (χ2v) is 7.96. The molecule has 0 radical (unpaired) electrons. The molecule has 148 valence electrons. The number of hydrogen-bond acceptors (Lipinski definition) is 5. The van der Waals surface area contributed by atoms with Gasteiger partial charge in [-0.25, -0.2) is 8.91 Å². The van der Waals surface area contributed by atoms with Gasteiger partial charge in [-0.1, -0.05) is 23.7 Å². The molecule has 0 atom stereocenters. The number of anilines is 1. The molecule has 0 bridgehead atoms. The van der Waals surface area contributed by atoms with Crippen LogP contribution in [0.25, 0.3) is 27.1 Å². The molecule has 1 N–H and O–H groups in total. The van der Waals surface area contributed by atoms with Gasteiger partial charge in [0.15, 0.2) is 0 Å². The molecule has 3 aromatic heterocycles. The number of amides is 1. The predicted octanol–water partition coefficient (Wildman–Crippen LogP) is 5.36. The van der Waals surface area contributed by atoms with Gasteiger partial charge in [-0.3, -0.25) is 15.1 Å². The van der Waals surface area contributed by atoms with Gasteiger partial charge in [0.25, 0.3) is 11.9 Å². The van der Waals surface area contributed by atoms with Gasteiger partial charge in [0.2, 0.25) is 4.96 Å². The molecule has 0 spiro atoms. The average Bonchev–Trinajstić information content (AvgIpc) is 3.28. The minimum atomic E-state index is -0.435. The van der Waals surface area contributed by atoms with E-state index in [4.69, 9.17) is 11.6 Å². The summed E-state index contributed by atoms with van der Waals surface area (Å²) in [5.41, 5.74) is 3.29. The molecule has 0 aliphatic carbocycles. The number of carbonyl (C=O) groups is 1. The van der Waals surface area contributed by atoms with E-state index >= 15 is 0 Å². The molecule has 2 aromatic carbocycles. The van der Waals surface area contributed by atoms with Gasteiger partial charge >= 0.3 is 0 Å². The Morgan fingerprint density at radius 1 is 1.13 bits per heavy atom. The highest BCUT2D eigenvalue weighted by Gasteiger charge is 2.17. The first-order valence-electron chi connectivity index (χ1n) is 8.96. The maximum absolute atomic E-state index is 13.7. The molecule has 0 saturated heterocycles. The predicted molar refractivity (Wildman–Crippen MR) is 116 cm³/mol. The van der Waals surface area contributed by atoms with Crippen molar-refractivity contribution in [1.29, 1.82) is 0 Å². The Morgan fingerprint density at radius 2 is 1.93 bits per heavy atom. The number of nitrogens with one attached hydrogen (secondary N) is 1. The molecule has 0 unspecified atom stereocenters. The second-order valence-electron chi connectivity index (χ2n) is 6.68. The third-order valence-corrected chi connectivity index (χ3v) is 5.66. The quantitative estimate of drug-likeness (QED) is 0.412. The molecule has 0 aliphatic heterocycles. The van der Waals surface area contributed by atoms with Crippen LogP contribution in [-0.2, 0) is 0 Å². The Morgan fingerprint density at radius 3 is 2.73 bits per heavy atom. The molecule has 0 aliphatic rings. The largest absolute Gasteiger partial charge is 0.289 e. The van der Waals surface area contributed by atoms with E-state index in [1.54, 1.807) is 35.7 Å². The third kappa shape index (κ3) is 3.30. The van der Waals surface area contributed by atoms with Gasteiger partial charge in [0, 0.05) is 27.0 Å². The van der Waals surface area contributed by atoms with Crippen LogP contribution in [0, 0.1) is 12.7 Å². The number of aryl methyl sites for hydroxylation is 1. The zero-order chi connectivity index (χ0) is 20.8. The van der Waals surface area contributed by atoms with Crippen molar-refractivity contribution in [3.8, 4) is 11.3 Å². The van der Waals surface area contributed by atoms with Gasteiger partial charge in [0.1, 0.15) is 5.82 Å². The summed E-state index contributed by atoms with van der Waals surface area (Å²) in [5.74, 6) is -0.695. The van der Waals surface area contributed by atoms with Crippen molar-refractivity contribution in [2.24, 2.45) is 0 Å². The summed E-state index contributed by atoms with van der Waals surface area (Å²) >= 11 is 7.37. The SMILES string of the molecule is Cc1cc(C(=O)Nc2nc3scc(-c4ccc(Cl)cc4)n3n2)c2cc(F)ccc2n1. The number of aromatic nitrogens is 4. The number of rotatable bonds is 3. The summed E-state index contributed by atoms with van der Waals surface area (Å²) in [6.07, 6.45) is 0. The van der Waals surface area contributed by atoms with Gasteiger partial charge in [-0.15, -0.1) is 16.4 Å². The lowest BCUT2D eigenvalue weighted by atomic mass is 10.1. The molecule has 6 nitrogen and oxygen atoms in total. The monoisotopic (exact) mass is 437 g/mol. The summed E-state index contributed by atoms with van der Waals surface area (Å²) in [7, 11) is 0. The fourth-order valence-electron chi connectivity index (χ4n) is 3.24. The van der Waals surface area contributed by atoms with Gasteiger partial charge in [-0.05, 0) is 43.3 Å². The van der Waals surface area contributed by atoms with Crippen molar-refractivity contribution in [2.45, 2.75) is 6.92 Å². The van der Waals surface area contributed by atoms with Crippen LogP contribution in [0.15, 0.2) is 53.9 Å². The lowest BCUT2D eigenvalue weighted by Gasteiger charge is -2.07. The van der Waals surface area contributed by atoms with Gasteiger partial charge in [0.05, 0.1) is 16.8 Å². The summed E-state index contributed by atoms with van der Waals surface area (Å²) in [6, 6.07) is 13.2. The average molecular weight is 438 g/mol. The maximum atomic E-state index is 13.7. The Hall–Kier alpha value is -3.36. The zero-order valence-electron chi connectivity index (χ0n) is 15.6. The van der Waals surface area contributed by atoms with E-state index in [1.165, 1.54) is 23.5 Å². The lowest BCUT2D eigenvalue weighted by molar-refractivity contribution is 0.102. The van der Waals surface area contributed by atoms with Crippen LogP contribution in [-0.4, -0.2) is 25.5 Å². The van der Waals surface area contributed by atoms with Crippen molar-refractivity contribution in [3.05, 3.63) is 76.0 Å². The maximum Gasteiger partial charge on any atom is 0.258 e. The standard InChI is InChI=1S/C21H13ClFN5OS/c1-11-8-16(15-9-14(23)6-7-17(15)24-11)19(29)25-20-26-21-28(27-20)18(10-30-21)12-2-4-13(22)5-3-12/h2-10H,1H3,(H,25,27,29). The van der Waals surface area contributed by atoms with Crippen molar-refractivity contribution in [3.63, 3.8) is 0 Å². The van der Waals surface area contributed by atoms with Crippen molar-refractivity contribution in [1.82, 2.24) is 19.6 Å². The van der Waals surface area contributed by atoms with E-state index in [1.807, 2.05) is 17.5 Å². The fraction of sp³-hybridized carbons (Fsp3) is 0.0476. The molecule has 0 fully saturated rings. The van der Waals surface area contributed by atoms with Gasteiger partial charge in [-0.2, -0.15) is 4.98 Å². The Bertz CT molecular complexity index is 1430. The van der Waals surface area contributed by atoms with Crippen molar-refractivity contribution in [2.75, 3.05) is 5.32 Å². The third-order valence-electron chi connectivity index (χ3n) is 4.59. The number of fused-ring (bicyclic) bond motifs is 2. The van der Waals surface area contributed by atoms with Gasteiger partial charge < -0.3 is 0 Å². The second kappa shape index (κ2) is 7.16. The number of pyridine rings is 1. The molecule has 3 heterocycles. The Labute approximate surface area is 179 Å². The molecular formula is C21H13ClFN5OS. The lowest BCUT2D eigenvalue weighted by Crippen LogP contribution is -2.14. The first kappa shape index (κ1) is 18.7. The smallest absolute Gasteiger partial charge is 0.258 e. The molecular weight excluding hydrogens is 425 g/mol. The van der Waals surface area contributed by atoms with Crippen LogP contribution < -0.4 is 5.32 Å². The number of hydrogen-bond donors (Lipinski definition) is 1. The number of nitrogens with zero attached hydrogens (tertiary/aromatic N) is 4. The van der Waals surface area contributed by atoms with Crippen molar-refractivity contribution >= 4 is 50.7 Å². The van der Waals surface area contributed by atoms with E-state index < -0.39 is 11.7 Å². The first-order valence-corrected chi connectivity index (χ1v) is 10.2. The van der Waals surface area contributed by atoms with Crippen molar-refractivity contribution < 1.29 is 9.18 Å². The van der Waals surface area contributed by atoms with Crippen LogP contribution in [0.5, 0.6) is 0 Å². The molecule has 5 rings (SSSR count). The highest BCUT2D eigenvalue weighted by atomic mass is 35.5. The molecule has 0 saturated carbocycles. The van der Waals surface area contributed by atoms with Crippen LogP contribution in [0.1, 0.15) is 16.1 Å². The van der Waals surface area contributed by atoms with E-state index in [0.29, 0.717) is 32.1 Å². The minimum absolute atomic E-state index is 0.168.